The number of hydrogen-bond acceptors (Lipinski definition) is 3. The third kappa shape index (κ3) is 4.64. The summed E-state index contributed by atoms with van der Waals surface area (Å²) in [6.45, 7) is 1.18. The molecule has 0 spiro atoms. The van der Waals surface area contributed by atoms with Crippen LogP contribution in [0.4, 0.5) is 10.1 Å². The smallest absolute Gasteiger partial charge is 0.239 e. The van der Waals surface area contributed by atoms with Crippen molar-refractivity contribution in [3.05, 3.63) is 64.9 Å². The lowest BCUT2D eigenvalue weighted by Crippen LogP contribution is -2.44. The van der Waals surface area contributed by atoms with E-state index in [2.05, 4.69) is 5.32 Å². The molecule has 2 amide bonds. The van der Waals surface area contributed by atoms with E-state index < -0.39 is 17.8 Å². The molecule has 3 N–H and O–H groups in total. The number of rotatable bonds is 5. The molecule has 27 heavy (non-hydrogen) atoms. The molecule has 1 heterocycles. The second kappa shape index (κ2) is 8.50. The number of hydrogen-bond donors (Lipinski definition) is 2. The zero-order valence-electron chi connectivity index (χ0n) is 14.7. The van der Waals surface area contributed by atoms with Gasteiger partial charge in [-0.1, -0.05) is 41.9 Å². The highest BCUT2D eigenvalue weighted by Gasteiger charge is 2.32. The van der Waals surface area contributed by atoms with E-state index >= 15 is 0 Å². The zero-order chi connectivity index (χ0) is 19.4. The van der Waals surface area contributed by atoms with Crippen LogP contribution in [0.1, 0.15) is 24.4 Å². The first kappa shape index (κ1) is 19.3. The van der Waals surface area contributed by atoms with Gasteiger partial charge in [0.2, 0.25) is 11.8 Å². The highest BCUT2D eigenvalue weighted by atomic mass is 35.5. The summed E-state index contributed by atoms with van der Waals surface area (Å²) in [5.74, 6) is -1.24. The van der Waals surface area contributed by atoms with E-state index in [9.17, 15) is 14.0 Å². The molecule has 1 aliphatic rings. The lowest BCUT2D eigenvalue weighted by Gasteiger charge is -2.35. The van der Waals surface area contributed by atoms with E-state index in [1.165, 1.54) is 18.2 Å². The van der Waals surface area contributed by atoms with Gasteiger partial charge in [-0.25, -0.2) is 4.39 Å². The molecule has 7 heteroatoms. The summed E-state index contributed by atoms with van der Waals surface area (Å²) in [6, 6.07) is 13.0. The highest BCUT2D eigenvalue weighted by molar-refractivity contribution is 6.31. The Morgan fingerprint density at radius 3 is 2.41 bits per heavy atom. The molecule has 0 aliphatic carbocycles. The quantitative estimate of drug-likeness (QED) is 0.823. The molecule has 1 saturated heterocycles. The van der Waals surface area contributed by atoms with Crippen LogP contribution in [0.15, 0.2) is 48.5 Å². The van der Waals surface area contributed by atoms with Crippen molar-refractivity contribution in [3.8, 4) is 0 Å². The number of benzene rings is 2. The van der Waals surface area contributed by atoms with Crippen molar-refractivity contribution < 1.29 is 14.0 Å². The summed E-state index contributed by atoms with van der Waals surface area (Å²) in [5.41, 5.74) is 6.94. The normalized spacial score (nSPS) is 16.7. The van der Waals surface area contributed by atoms with Crippen LogP contribution >= 0.6 is 11.6 Å². The lowest BCUT2D eigenvalue weighted by atomic mass is 9.93. The van der Waals surface area contributed by atoms with Gasteiger partial charge < -0.3 is 11.1 Å². The van der Waals surface area contributed by atoms with Gasteiger partial charge in [-0.2, -0.15) is 0 Å². The first-order chi connectivity index (χ1) is 13.0. The van der Waals surface area contributed by atoms with Crippen LogP contribution in [0.25, 0.3) is 0 Å². The molecule has 2 aromatic carbocycles. The van der Waals surface area contributed by atoms with E-state index in [1.807, 2.05) is 35.2 Å². The lowest BCUT2D eigenvalue weighted by molar-refractivity contribution is -0.125. The summed E-state index contributed by atoms with van der Waals surface area (Å²) >= 11 is 5.75. The van der Waals surface area contributed by atoms with Gasteiger partial charge in [0.1, 0.15) is 11.9 Å². The minimum absolute atomic E-state index is 0.0326. The number of amides is 2. The number of nitrogens with one attached hydrogen (secondary N) is 1. The van der Waals surface area contributed by atoms with E-state index in [0.29, 0.717) is 31.6 Å². The van der Waals surface area contributed by atoms with Crippen molar-refractivity contribution in [2.45, 2.75) is 18.9 Å². The molecule has 1 fully saturated rings. The maximum Gasteiger partial charge on any atom is 0.239 e. The fraction of sp³-hybridized carbons (Fsp3) is 0.300. The van der Waals surface area contributed by atoms with Gasteiger partial charge in [0.05, 0.1) is 5.02 Å². The topological polar surface area (TPSA) is 75.4 Å². The molecule has 3 rings (SSSR count). The molecule has 1 atom stereocenters. The summed E-state index contributed by atoms with van der Waals surface area (Å²) in [6.07, 6.45) is 1.22. The number of piperidine rings is 1. The molecule has 0 unspecified atom stereocenters. The number of primary amides is 1. The second-order valence-electron chi connectivity index (χ2n) is 6.64. The van der Waals surface area contributed by atoms with Gasteiger partial charge in [0, 0.05) is 11.6 Å². The first-order valence-electron chi connectivity index (χ1n) is 8.80. The van der Waals surface area contributed by atoms with Gasteiger partial charge in [-0.3, -0.25) is 14.5 Å². The van der Waals surface area contributed by atoms with Gasteiger partial charge in [0.25, 0.3) is 0 Å². The average Bonchev–Trinajstić information content (AvgIpc) is 2.66. The molecule has 0 radical (unpaired) electrons. The maximum atomic E-state index is 13.2. The van der Waals surface area contributed by atoms with Crippen LogP contribution in [-0.2, 0) is 9.59 Å². The Kier molecular flexibility index (Phi) is 6.08. The van der Waals surface area contributed by atoms with Crippen LogP contribution in [0.2, 0.25) is 5.02 Å². The van der Waals surface area contributed by atoms with Crippen molar-refractivity contribution in [1.29, 1.82) is 0 Å². The summed E-state index contributed by atoms with van der Waals surface area (Å²) in [7, 11) is 0. The first-order valence-corrected chi connectivity index (χ1v) is 9.17. The fourth-order valence-electron chi connectivity index (χ4n) is 3.43. The molecule has 5 nitrogen and oxygen atoms in total. The third-order valence-corrected chi connectivity index (χ3v) is 5.13. The average molecular weight is 390 g/mol. The second-order valence-corrected chi connectivity index (χ2v) is 7.05. The number of carbonyl (C=O) groups excluding carboxylic acids is 2. The Labute approximate surface area is 162 Å². The van der Waals surface area contributed by atoms with E-state index in [4.69, 9.17) is 17.3 Å². The number of halogens is 2. The Hall–Kier alpha value is -2.44. The van der Waals surface area contributed by atoms with Crippen molar-refractivity contribution in [2.75, 3.05) is 18.4 Å². The molecule has 0 aromatic heterocycles. The van der Waals surface area contributed by atoms with Crippen LogP contribution in [0, 0.1) is 11.7 Å². The monoisotopic (exact) mass is 389 g/mol. The number of carbonyl (C=O) groups is 2. The minimum Gasteiger partial charge on any atom is -0.368 e. The van der Waals surface area contributed by atoms with E-state index in [0.717, 1.165) is 5.56 Å². The van der Waals surface area contributed by atoms with Gasteiger partial charge in [0.15, 0.2) is 0 Å². The molecule has 0 saturated carbocycles. The standard InChI is InChI=1S/C20H21ClFN3O2/c21-16-12-15(6-7-17(16)22)24-20(27)14-8-10-25(11-9-14)18(19(23)26)13-4-2-1-3-5-13/h1-7,12,14,18H,8-11H2,(H2,23,26)(H,24,27)/t18-/m1/s1. The molecular formula is C20H21ClFN3O2. The van der Waals surface area contributed by atoms with Crippen molar-refractivity contribution in [1.82, 2.24) is 4.90 Å². The fourth-order valence-corrected chi connectivity index (χ4v) is 3.61. The maximum absolute atomic E-state index is 13.2. The molecular weight excluding hydrogens is 369 g/mol. The van der Waals surface area contributed by atoms with Crippen molar-refractivity contribution in [2.24, 2.45) is 11.7 Å². The molecule has 0 bridgehead atoms. The predicted octanol–water partition coefficient (Wildman–Crippen LogP) is 3.36. The summed E-state index contributed by atoms with van der Waals surface area (Å²) < 4.78 is 13.2. The Morgan fingerprint density at radius 2 is 1.81 bits per heavy atom. The molecule has 2 aromatic rings. The highest BCUT2D eigenvalue weighted by Crippen LogP contribution is 2.28. The number of anilines is 1. The summed E-state index contributed by atoms with van der Waals surface area (Å²) in [5, 5.41) is 2.75. The number of nitrogens with two attached hydrogens (primary N) is 1. The molecule has 142 valence electrons. The van der Waals surface area contributed by atoms with Crippen LogP contribution in [-0.4, -0.2) is 29.8 Å². The predicted molar refractivity (Wildman–Crippen MR) is 103 cm³/mol. The van der Waals surface area contributed by atoms with E-state index in [1.54, 1.807) is 0 Å². The van der Waals surface area contributed by atoms with Gasteiger partial charge >= 0.3 is 0 Å². The van der Waals surface area contributed by atoms with Crippen molar-refractivity contribution in [3.63, 3.8) is 0 Å². The van der Waals surface area contributed by atoms with E-state index in [-0.39, 0.29) is 16.8 Å². The Balaban J connectivity index is 1.61. The van der Waals surface area contributed by atoms with Crippen LogP contribution in [0.3, 0.4) is 0 Å². The van der Waals surface area contributed by atoms with Gasteiger partial charge in [-0.05, 0) is 49.7 Å². The number of nitrogens with zero attached hydrogens (tertiary/aromatic N) is 1. The Morgan fingerprint density at radius 1 is 1.15 bits per heavy atom. The van der Waals surface area contributed by atoms with Gasteiger partial charge in [-0.15, -0.1) is 0 Å². The van der Waals surface area contributed by atoms with Crippen LogP contribution in [0.5, 0.6) is 0 Å². The van der Waals surface area contributed by atoms with Crippen molar-refractivity contribution >= 4 is 29.1 Å². The molecule has 1 aliphatic heterocycles. The summed E-state index contributed by atoms with van der Waals surface area (Å²) in [4.78, 5) is 26.5. The Bertz CT molecular complexity index is 823. The SMILES string of the molecule is NC(=O)[C@@H](c1ccccc1)N1CCC(C(=O)Nc2ccc(F)c(Cl)c2)CC1. The third-order valence-electron chi connectivity index (χ3n) is 4.84. The zero-order valence-corrected chi connectivity index (χ0v) is 15.5. The largest absolute Gasteiger partial charge is 0.368 e. The van der Waals surface area contributed by atoms with Crippen LogP contribution < -0.4 is 11.1 Å². The number of likely N-dealkylation sites (tertiary alicyclic amines) is 1. The minimum atomic E-state index is -0.527.